The first-order valence-corrected chi connectivity index (χ1v) is 9.91. The highest BCUT2D eigenvalue weighted by Gasteiger charge is 2.20. The third-order valence-electron chi connectivity index (χ3n) is 4.94. The number of fused-ring (bicyclic) bond motifs is 1. The molecule has 0 bridgehead atoms. The summed E-state index contributed by atoms with van der Waals surface area (Å²) in [6, 6.07) is 19.7. The van der Waals surface area contributed by atoms with E-state index < -0.39 is 0 Å². The van der Waals surface area contributed by atoms with Crippen LogP contribution in [0.5, 0.6) is 11.5 Å². The van der Waals surface area contributed by atoms with Crippen LogP contribution in [-0.4, -0.2) is 35.5 Å². The summed E-state index contributed by atoms with van der Waals surface area (Å²) in [5.74, 6) is 1.32. The third-order valence-corrected chi connectivity index (χ3v) is 4.94. The smallest absolute Gasteiger partial charge is 0.254 e. The first kappa shape index (κ1) is 19.0. The lowest BCUT2D eigenvalue weighted by molar-refractivity contribution is 0.0740. The molecule has 1 aromatic heterocycles. The number of aromatic nitrogens is 1. The Kier molecular flexibility index (Phi) is 6.05. The van der Waals surface area contributed by atoms with Gasteiger partial charge < -0.3 is 14.4 Å². The van der Waals surface area contributed by atoms with E-state index in [9.17, 15) is 4.79 Å². The number of carbonyl (C=O) groups excluding carboxylic acids is 1. The first-order valence-electron chi connectivity index (χ1n) is 9.91. The molecule has 5 heteroatoms. The van der Waals surface area contributed by atoms with E-state index in [2.05, 4.69) is 17.1 Å². The predicted octanol–water partition coefficient (Wildman–Crippen LogP) is 4.13. The van der Waals surface area contributed by atoms with Crippen LogP contribution in [0.25, 0.3) is 0 Å². The fourth-order valence-electron chi connectivity index (χ4n) is 3.44. The molecule has 0 fully saturated rings. The van der Waals surface area contributed by atoms with Gasteiger partial charge in [-0.15, -0.1) is 0 Å². The van der Waals surface area contributed by atoms with Crippen LogP contribution in [0.2, 0.25) is 0 Å². The van der Waals surface area contributed by atoms with Gasteiger partial charge in [-0.1, -0.05) is 30.3 Å². The van der Waals surface area contributed by atoms with E-state index >= 15 is 0 Å². The molecule has 4 rings (SSSR count). The summed E-state index contributed by atoms with van der Waals surface area (Å²) in [6.07, 6.45) is 5.34. The van der Waals surface area contributed by atoms with Crippen molar-refractivity contribution in [3.63, 3.8) is 0 Å². The van der Waals surface area contributed by atoms with Gasteiger partial charge in [0.05, 0.1) is 0 Å². The Morgan fingerprint density at radius 3 is 2.45 bits per heavy atom. The normalized spacial score (nSPS) is 12.4. The second-order valence-corrected chi connectivity index (χ2v) is 7.03. The van der Waals surface area contributed by atoms with Gasteiger partial charge in [0.1, 0.15) is 13.2 Å². The monoisotopic (exact) mass is 388 g/mol. The second kappa shape index (κ2) is 9.24. The molecule has 1 aliphatic rings. The summed E-state index contributed by atoms with van der Waals surface area (Å²) in [4.78, 5) is 19.3. The Bertz CT molecular complexity index is 945. The molecule has 1 aliphatic heterocycles. The fraction of sp³-hybridized carbons (Fsp3) is 0.250. The molecule has 0 unspecified atom stereocenters. The van der Waals surface area contributed by atoms with Crippen molar-refractivity contribution in [2.75, 3.05) is 19.8 Å². The number of amides is 1. The quantitative estimate of drug-likeness (QED) is 0.611. The number of aryl methyl sites for hydroxylation is 1. The van der Waals surface area contributed by atoms with Gasteiger partial charge in [-0.05, 0) is 54.3 Å². The summed E-state index contributed by atoms with van der Waals surface area (Å²) >= 11 is 0. The number of benzene rings is 2. The molecule has 148 valence electrons. The molecule has 1 amide bonds. The van der Waals surface area contributed by atoms with Crippen LogP contribution in [0.3, 0.4) is 0 Å². The van der Waals surface area contributed by atoms with Crippen molar-refractivity contribution in [1.29, 1.82) is 0 Å². The van der Waals surface area contributed by atoms with E-state index in [1.54, 1.807) is 18.5 Å². The summed E-state index contributed by atoms with van der Waals surface area (Å²) in [7, 11) is 0. The zero-order valence-electron chi connectivity index (χ0n) is 16.3. The maximum absolute atomic E-state index is 13.3. The Hall–Kier alpha value is -3.34. The first-order chi connectivity index (χ1) is 14.3. The maximum atomic E-state index is 13.3. The van der Waals surface area contributed by atoms with Crippen LogP contribution < -0.4 is 9.47 Å². The van der Waals surface area contributed by atoms with E-state index in [1.165, 1.54) is 5.56 Å². The van der Waals surface area contributed by atoms with Crippen molar-refractivity contribution in [1.82, 2.24) is 9.88 Å². The van der Waals surface area contributed by atoms with Crippen molar-refractivity contribution in [2.24, 2.45) is 0 Å². The van der Waals surface area contributed by atoms with Gasteiger partial charge in [0.2, 0.25) is 0 Å². The van der Waals surface area contributed by atoms with E-state index in [0.717, 1.165) is 18.4 Å². The molecule has 0 saturated heterocycles. The van der Waals surface area contributed by atoms with Crippen molar-refractivity contribution in [3.05, 3.63) is 89.7 Å². The maximum Gasteiger partial charge on any atom is 0.254 e. The Labute approximate surface area is 170 Å². The topological polar surface area (TPSA) is 51.7 Å². The molecule has 0 spiro atoms. The highest BCUT2D eigenvalue weighted by atomic mass is 16.6. The zero-order chi connectivity index (χ0) is 19.9. The summed E-state index contributed by atoms with van der Waals surface area (Å²) in [6.45, 7) is 2.26. The average Bonchev–Trinajstić information content (AvgIpc) is 2.79. The highest BCUT2D eigenvalue weighted by Crippen LogP contribution is 2.31. The van der Waals surface area contributed by atoms with Crippen LogP contribution in [0, 0.1) is 0 Å². The number of hydrogen-bond donors (Lipinski definition) is 0. The molecule has 2 heterocycles. The third kappa shape index (κ3) is 4.93. The minimum absolute atomic E-state index is 0.00755. The minimum Gasteiger partial charge on any atom is -0.486 e. The van der Waals surface area contributed by atoms with Crippen LogP contribution >= 0.6 is 0 Å². The average molecular weight is 388 g/mol. The number of carbonyl (C=O) groups is 1. The lowest BCUT2D eigenvalue weighted by Crippen LogP contribution is -2.32. The number of pyridine rings is 1. The molecule has 0 aliphatic carbocycles. The molecule has 0 radical (unpaired) electrons. The lowest BCUT2D eigenvalue weighted by atomic mass is 10.1. The Morgan fingerprint density at radius 1 is 0.897 bits per heavy atom. The molecule has 3 aromatic rings. The van der Waals surface area contributed by atoms with Gasteiger partial charge in [-0.3, -0.25) is 9.78 Å². The van der Waals surface area contributed by atoms with Crippen molar-refractivity contribution < 1.29 is 14.3 Å². The lowest BCUT2D eigenvalue weighted by Gasteiger charge is -2.24. The summed E-state index contributed by atoms with van der Waals surface area (Å²) in [5.41, 5.74) is 2.96. The molecule has 0 saturated carbocycles. The Balaban J connectivity index is 1.49. The Morgan fingerprint density at radius 2 is 1.66 bits per heavy atom. The molecule has 29 heavy (non-hydrogen) atoms. The van der Waals surface area contributed by atoms with Gasteiger partial charge in [0, 0.05) is 31.0 Å². The minimum atomic E-state index is -0.00755. The molecule has 2 aromatic carbocycles. The van der Waals surface area contributed by atoms with Crippen LogP contribution in [0.15, 0.2) is 73.1 Å². The van der Waals surface area contributed by atoms with Gasteiger partial charge >= 0.3 is 0 Å². The SMILES string of the molecule is O=C(c1ccc2c(c1)OCCO2)N(CCCc1ccccc1)Cc1ccncc1. The van der Waals surface area contributed by atoms with Crippen LogP contribution in [0.4, 0.5) is 0 Å². The van der Waals surface area contributed by atoms with Gasteiger partial charge in [-0.2, -0.15) is 0 Å². The van der Waals surface area contributed by atoms with Gasteiger partial charge in [-0.25, -0.2) is 0 Å². The van der Waals surface area contributed by atoms with E-state index in [4.69, 9.17) is 9.47 Å². The molecular weight excluding hydrogens is 364 g/mol. The van der Waals surface area contributed by atoms with E-state index in [0.29, 0.717) is 43.4 Å². The molecule has 0 atom stereocenters. The van der Waals surface area contributed by atoms with Crippen molar-refractivity contribution >= 4 is 5.91 Å². The van der Waals surface area contributed by atoms with Crippen LogP contribution in [0.1, 0.15) is 27.9 Å². The van der Waals surface area contributed by atoms with Crippen LogP contribution in [-0.2, 0) is 13.0 Å². The number of nitrogens with zero attached hydrogens (tertiary/aromatic N) is 2. The van der Waals surface area contributed by atoms with Gasteiger partial charge in [0.25, 0.3) is 5.91 Å². The zero-order valence-corrected chi connectivity index (χ0v) is 16.3. The number of ether oxygens (including phenoxy) is 2. The molecule has 5 nitrogen and oxygen atoms in total. The number of hydrogen-bond acceptors (Lipinski definition) is 4. The molecule has 0 N–H and O–H groups in total. The van der Waals surface area contributed by atoms with E-state index in [1.807, 2.05) is 47.4 Å². The van der Waals surface area contributed by atoms with E-state index in [-0.39, 0.29) is 5.91 Å². The van der Waals surface area contributed by atoms with Gasteiger partial charge in [0.15, 0.2) is 11.5 Å². The largest absolute Gasteiger partial charge is 0.486 e. The fourth-order valence-corrected chi connectivity index (χ4v) is 3.44. The second-order valence-electron chi connectivity index (χ2n) is 7.03. The van der Waals surface area contributed by atoms with Crippen molar-refractivity contribution in [2.45, 2.75) is 19.4 Å². The summed E-state index contributed by atoms with van der Waals surface area (Å²) in [5, 5.41) is 0. The predicted molar refractivity (Wildman–Crippen MR) is 111 cm³/mol. The highest BCUT2D eigenvalue weighted by molar-refractivity contribution is 5.95. The molecular formula is C24H24N2O3. The number of rotatable bonds is 7. The summed E-state index contributed by atoms with van der Waals surface area (Å²) < 4.78 is 11.2. The standard InChI is InChI=1S/C24H24N2O3/c27-24(21-8-9-22-23(17-21)29-16-15-28-22)26(18-20-10-12-25-13-11-20)14-4-7-19-5-2-1-3-6-19/h1-3,5-6,8-13,17H,4,7,14-16,18H2. The van der Waals surface area contributed by atoms with Crippen molar-refractivity contribution in [3.8, 4) is 11.5 Å².